The first-order valence-electron chi connectivity index (χ1n) is 6.14. The van der Waals surface area contributed by atoms with Crippen LogP contribution in [0.1, 0.15) is 21.7 Å². The summed E-state index contributed by atoms with van der Waals surface area (Å²) in [5, 5.41) is 7.71. The second-order valence-electron chi connectivity index (χ2n) is 4.35. The molecule has 0 unspecified atom stereocenters. The Morgan fingerprint density at radius 3 is 2.95 bits per heavy atom. The zero-order valence-electron chi connectivity index (χ0n) is 11.3. The van der Waals surface area contributed by atoms with E-state index >= 15 is 0 Å². The van der Waals surface area contributed by atoms with Crippen LogP contribution >= 0.6 is 15.9 Å². The van der Waals surface area contributed by atoms with Crippen LogP contribution in [0, 0.1) is 12.7 Å². The Morgan fingerprint density at radius 1 is 1.52 bits per heavy atom. The van der Waals surface area contributed by atoms with Gasteiger partial charge in [0.1, 0.15) is 12.4 Å². The number of esters is 1. The number of rotatable bonds is 5. The minimum absolute atomic E-state index is 0.113. The third kappa shape index (κ3) is 3.75. The van der Waals surface area contributed by atoms with Crippen molar-refractivity contribution >= 4 is 21.9 Å². The second kappa shape index (κ2) is 6.62. The van der Waals surface area contributed by atoms with E-state index in [0.29, 0.717) is 22.3 Å². The molecule has 21 heavy (non-hydrogen) atoms. The Kier molecular flexibility index (Phi) is 4.85. The molecule has 0 fully saturated rings. The van der Waals surface area contributed by atoms with Crippen molar-refractivity contribution in [1.29, 1.82) is 0 Å². The van der Waals surface area contributed by atoms with Crippen LogP contribution in [0.2, 0.25) is 0 Å². The molecule has 1 aromatic carbocycles. The molecule has 2 rings (SSSR count). The SMILES string of the molecule is C=CCOC(=O)c1nnn(Cc2cc(F)cc(Br)c2)c1C. The molecule has 0 aliphatic heterocycles. The molecular weight excluding hydrogens is 341 g/mol. The smallest absolute Gasteiger partial charge is 0.361 e. The lowest BCUT2D eigenvalue weighted by molar-refractivity contribution is 0.0542. The van der Waals surface area contributed by atoms with Gasteiger partial charge >= 0.3 is 5.97 Å². The van der Waals surface area contributed by atoms with E-state index < -0.39 is 5.97 Å². The van der Waals surface area contributed by atoms with Crippen molar-refractivity contribution in [3.63, 3.8) is 0 Å². The van der Waals surface area contributed by atoms with Gasteiger partial charge in [0.15, 0.2) is 5.69 Å². The van der Waals surface area contributed by atoms with E-state index in [1.807, 2.05) is 0 Å². The molecule has 1 heterocycles. The Morgan fingerprint density at radius 2 is 2.29 bits per heavy atom. The molecule has 0 saturated heterocycles. The van der Waals surface area contributed by atoms with Crippen LogP contribution in [0.3, 0.4) is 0 Å². The summed E-state index contributed by atoms with van der Waals surface area (Å²) in [5.74, 6) is -0.901. The number of hydrogen-bond acceptors (Lipinski definition) is 4. The fourth-order valence-corrected chi connectivity index (χ4v) is 2.29. The maximum Gasteiger partial charge on any atom is 0.361 e. The van der Waals surface area contributed by atoms with E-state index in [9.17, 15) is 9.18 Å². The summed E-state index contributed by atoms with van der Waals surface area (Å²) in [6.45, 7) is 5.60. The lowest BCUT2D eigenvalue weighted by Gasteiger charge is -2.05. The van der Waals surface area contributed by atoms with Crippen LogP contribution in [0.4, 0.5) is 4.39 Å². The lowest BCUT2D eigenvalue weighted by Crippen LogP contribution is -2.09. The van der Waals surface area contributed by atoms with Gasteiger partial charge in [0.25, 0.3) is 0 Å². The van der Waals surface area contributed by atoms with Crippen molar-refractivity contribution in [2.45, 2.75) is 13.5 Å². The quantitative estimate of drug-likeness (QED) is 0.612. The van der Waals surface area contributed by atoms with Gasteiger partial charge in [-0.2, -0.15) is 0 Å². The van der Waals surface area contributed by atoms with Gasteiger partial charge in [0, 0.05) is 4.47 Å². The fraction of sp³-hybridized carbons (Fsp3) is 0.214. The number of aromatic nitrogens is 3. The van der Waals surface area contributed by atoms with Gasteiger partial charge in [0.05, 0.1) is 12.2 Å². The van der Waals surface area contributed by atoms with Crippen molar-refractivity contribution < 1.29 is 13.9 Å². The van der Waals surface area contributed by atoms with Crippen molar-refractivity contribution in [3.05, 3.63) is 58.1 Å². The lowest BCUT2D eigenvalue weighted by atomic mass is 10.2. The summed E-state index contributed by atoms with van der Waals surface area (Å²) >= 11 is 3.23. The molecular formula is C14H13BrFN3O2. The van der Waals surface area contributed by atoms with Gasteiger partial charge in [0.2, 0.25) is 0 Å². The Labute approximate surface area is 129 Å². The van der Waals surface area contributed by atoms with Gasteiger partial charge in [-0.05, 0) is 30.7 Å². The Bertz CT molecular complexity index is 665. The van der Waals surface area contributed by atoms with Crippen LogP contribution in [0.15, 0.2) is 35.3 Å². The highest BCUT2D eigenvalue weighted by atomic mass is 79.9. The molecule has 0 spiro atoms. The van der Waals surface area contributed by atoms with E-state index in [0.717, 1.165) is 0 Å². The van der Waals surface area contributed by atoms with Crippen molar-refractivity contribution in [3.8, 4) is 0 Å². The molecule has 110 valence electrons. The summed E-state index contributed by atoms with van der Waals surface area (Å²) in [5.41, 5.74) is 1.41. The normalized spacial score (nSPS) is 10.4. The van der Waals surface area contributed by atoms with Gasteiger partial charge in [-0.25, -0.2) is 13.9 Å². The third-order valence-corrected chi connectivity index (χ3v) is 3.22. The topological polar surface area (TPSA) is 57.0 Å². The summed E-state index contributed by atoms with van der Waals surface area (Å²) in [7, 11) is 0. The van der Waals surface area contributed by atoms with Gasteiger partial charge in [-0.3, -0.25) is 0 Å². The molecule has 5 nitrogen and oxygen atoms in total. The number of hydrogen-bond donors (Lipinski definition) is 0. The van der Waals surface area contributed by atoms with Crippen molar-refractivity contribution in [2.75, 3.05) is 6.61 Å². The average molecular weight is 354 g/mol. The molecule has 7 heteroatoms. The van der Waals surface area contributed by atoms with Gasteiger partial charge < -0.3 is 4.74 Å². The predicted octanol–water partition coefficient (Wildman–Crippen LogP) is 2.88. The first kappa shape index (κ1) is 15.4. The largest absolute Gasteiger partial charge is 0.457 e. The number of carbonyl (C=O) groups excluding carboxylic acids is 1. The van der Waals surface area contributed by atoms with Crippen LogP contribution in [-0.2, 0) is 11.3 Å². The molecule has 0 aliphatic carbocycles. The minimum Gasteiger partial charge on any atom is -0.457 e. The zero-order valence-corrected chi connectivity index (χ0v) is 12.9. The molecule has 0 amide bonds. The number of benzene rings is 1. The molecule has 0 N–H and O–H groups in total. The highest BCUT2D eigenvalue weighted by Gasteiger charge is 2.17. The first-order chi connectivity index (χ1) is 10.0. The maximum atomic E-state index is 13.3. The minimum atomic E-state index is -0.556. The standard InChI is InChI=1S/C14H13BrFN3O2/c1-3-4-21-14(20)13-9(2)19(18-17-13)8-10-5-11(15)7-12(16)6-10/h3,5-7H,1,4,8H2,2H3. The van der Waals surface area contributed by atoms with Crippen LogP contribution in [0.5, 0.6) is 0 Å². The van der Waals surface area contributed by atoms with E-state index in [-0.39, 0.29) is 18.1 Å². The molecule has 0 atom stereocenters. The molecule has 0 saturated carbocycles. The third-order valence-electron chi connectivity index (χ3n) is 2.76. The average Bonchev–Trinajstić information content (AvgIpc) is 2.76. The molecule has 0 radical (unpaired) electrons. The summed E-state index contributed by atoms with van der Waals surface area (Å²) < 4.78 is 20.4. The highest BCUT2D eigenvalue weighted by Crippen LogP contribution is 2.16. The molecule has 1 aromatic heterocycles. The Hall–Kier alpha value is -2.02. The Balaban J connectivity index is 2.20. The zero-order chi connectivity index (χ0) is 15.4. The number of nitrogens with zero attached hydrogens (tertiary/aromatic N) is 3. The number of ether oxygens (including phenoxy) is 1. The predicted molar refractivity (Wildman–Crippen MR) is 78.4 cm³/mol. The monoisotopic (exact) mass is 353 g/mol. The number of carbonyl (C=O) groups is 1. The second-order valence-corrected chi connectivity index (χ2v) is 5.26. The van der Waals surface area contributed by atoms with E-state index in [1.165, 1.54) is 22.9 Å². The molecule has 0 aliphatic rings. The fourth-order valence-electron chi connectivity index (χ4n) is 1.78. The summed E-state index contributed by atoms with van der Waals surface area (Å²) in [4.78, 5) is 11.7. The summed E-state index contributed by atoms with van der Waals surface area (Å²) in [6.07, 6.45) is 1.47. The van der Waals surface area contributed by atoms with Gasteiger partial charge in [-0.1, -0.05) is 33.8 Å². The molecule has 0 bridgehead atoms. The van der Waals surface area contributed by atoms with Gasteiger partial charge in [-0.15, -0.1) is 5.10 Å². The summed E-state index contributed by atoms with van der Waals surface area (Å²) in [6, 6.07) is 4.55. The maximum absolute atomic E-state index is 13.3. The highest BCUT2D eigenvalue weighted by molar-refractivity contribution is 9.10. The molecule has 2 aromatic rings. The van der Waals surface area contributed by atoms with E-state index in [4.69, 9.17) is 4.74 Å². The van der Waals surface area contributed by atoms with Crippen LogP contribution < -0.4 is 0 Å². The van der Waals surface area contributed by atoms with Crippen LogP contribution in [0.25, 0.3) is 0 Å². The van der Waals surface area contributed by atoms with Crippen LogP contribution in [-0.4, -0.2) is 27.6 Å². The van der Waals surface area contributed by atoms with Crippen molar-refractivity contribution in [1.82, 2.24) is 15.0 Å². The van der Waals surface area contributed by atoms with E-state index in [2.05, 4.69) is 32.8 Å². The van der Waals surface area contributed by atoms with Crippen molar-refractivity contribution in [2.24, 2.45) is 0 Å². The number of halogens is 2. The first-order valence-corrected chi connectivity index (χ1v) is 6.93. The van der Waals surface area contributed by atoms with E-state index in [1.54, 1.807) is 13.0 Å².